The zero-order valence-electron chi connectivity index (χ0n) is 17.5. The first-order valence-electron chi connectivity index (χ1n) is 9.93. The van der Waals surface area contributed by atoms with E-state index in [1.807, 2.05) is 0 Å². The lowest BCUT2D eigenvalue weighted by atomic mass is 9.74. The topological polar surface area (TPSA) is 74.2 Å². The second-order valence-electron chi connectivity index (χ2n) is 7.55. The van der Waals surface area contributed by atoms with Crippen LogP contribution >= 0.6 is 0 Å². The molecule has 2 aliphatic rings. The molecule has 0 spiro atoms. The van der Waals surface area contributed by atoms with Crippen LogP contribution in [-0.2, 0) is 30.0 Å². The third-order valence-corrected chi connectivity index (χ3v) is 5.53. The van der Waals surface area contributed by atoms with Crippen LogP contribution in [0.1, 0.15) is 43.7 Å². The molecule has 2 aliphatic heterocycles. The molecule has 6 nitrogen and oxygen atoms in total. The molecule has 1 fully saturated rings. The van der Waals surface area contributed by atoms with Gasteiger partial charge >= 0.3 is 18.1 Å². The number of rotatable bonds is 5. The molecule has 0 radical (unpaired) electrons. The van der Waals surface area contributed by atoms with E-state index < -0.39 is 35.5 Å². The number of aliphatic imine (C=N–C) groups is 1. The number of carbonyl (C=O) groups is 2. The molecule has 0 saturated carbocycles. The van der Waals surface area contributed by atoms with Gasteiger partial charge in [0, 0.05) is 23.9 Å². The van der Waals surface area contributed by atoms with Gasteiger partial charge in [-0.1, -0.05) is 18.2 Å². The number of allylic oxidation sites excluding steroid dienone is 1. The quantitative estimate of drug-likeness (QED) is 0.648. The van der Waals surface area contributed by atoms with Crippen LogP contribution in [0.15, 0.2) is 40.5 Å². The minimum absolute atomic E-state index is 0.0190. The van der Waals surface area contributed by atoms with E-state index in [0.29, 0.717) is 6.61 Å². The van der Waals surface area contributed by atoms with E-state index in [2.05, 4.69) is 4.99 Å². The third-order valence-electron chi connectivity index (χ3n) is 5.53. The summed E-state index contributed by atoms with van der Waals surface area (Å²) in [6, 6.07) is 4.89. The Bertz CT molecular complexity index is 916. The van der Waals surface area contributed by atoms with Gasteiger partial charge in [-0.05, 0) is 38.3 Å². The lowest BCUT2D eigenvalue weighted by Crippen LogP contribution is -2.37. The summed E-state index contributed by atoms with van der Waals surface area (Å²) in [7, 11) is 1.14. The smallest absolute Gasteiger partial charge is 0.416 e. The number of alkyl halides is 3. The number of halogens is 3. The molecule has 0 aliphatic carbocycles. The van der Waals surface area contributed by atoms with Crippen molar-refractivity contribution in [1.29, 1.82) is 0 Å². The monoisotopic (exact) mass is 439 g/mol. The van der Waals surface area contributed by atoms with E-state index in [9.17, 15) is 22.8 Å². The summed E-state index contributed by atoms with van der Waals surface area (Å²) < 4.78 is 57.1. The molecule has 1 aromatic rings. The molecular weight excluding hydrogens is 415 g/mol. The van der Waals surface area contributed by atoms with Gasteiger partial charge in [0.1, 0.15) is 12.5 Å². The van der Waals surface area contributed by atoms with Crippen LogP contribution in [-0.4, -0.2) is 44.1 Å². The Morgan fingerprint density at radius 2 is 1.94 bits per heavy atom. The first-order valence-corrected chi connectivity index (χ1v) is 9.93. The van der Waals surface area contributed by atoms with Gasteiger partial charge in [-0.2, -0.15) is 13.2 Å². The number of methoxy groups -OCH3 is 1. The number of ether oxygens (including phenoxy) is 3. The highest BCUT2D eigenvalue weighted by Gasteiger charge is 2.46. The van der Waals surface area contributed by atoms with Crippen molar-refractivity contribution in [1.82, 2.24) is 0 Å². The maximum absolute atomic E-state index is 13.8. The fourth-order valence-electron chi connectivity index (χ4n) is 4.12. The number of hydrogen-bond acceptors (Lipinski definition) is 6. The maximum Gasteiger partial charge on any atom is 0.416 e. The molecule has 1 saturated heterocycles. The van der Waals surface area contributed by atoms with Crippen molar-refractivity contribution in [2.45, 2.75) is 44.9 Å². The van der Waals surface area contributed by atoms with Crippen LogP contribution in [0.25, 0.3) is 0 Å². The fourth-order valence-corrected chi connectivity index (χ4v) is 4.12. The van der Waals surface area contributed by atoms with Crippen LogP contribution in [0.5, 0.6) is 0 Å². The van der Waals surface area contributed by atoms with E-state index in [0.717, 1.165) is 26.0 Å². The highest BCUT2D eigenvalue weighted by atomic mass is 19.4. The van der Waals surface area contributed by atoms with Crippen LogP contribution < -0.4 is 0 Å². The summed E-state index contributed by atoms with van der Waals surface area (Å²) in [5.41, 5.74) is -0.751. The highest BCUT2D eigenvalue weighted by Crippen LogP contribution is 2.44. The lowest BCUT2D eigenvalue weighted by molar-refractivity contribution is -0.146. The first-order chi connectivity index (χ1) is 14.6. The Balaban J connectivity index is 2.08. The first kappa shape index (κ1) is 23.0. The average molecular weight is 439 g/mol. The maximum atomic E-state index is 13.8. The van der Waals surface area contributed by atoms with Crippen LogP contribution in [0.3, 0.4) is 0 Å². The second-order valence-corrected chi connectivity index (χ2v) is 7.55. The Morgan fingerprint density at radius 1 is 1.23 bits per heavy atom. The molecule has 3 rings (SSSR count). The fraction of sp³-hybridized carbons (Fsp3) is 0.500. The van der Waals surface area contributed by atoms with Crippen molar-refractivity contribution in [3.8, 4) is 0 Å². The number of esters is 2. The van der Waals surface area contributed by atoms with Crippen LogP contribution in [0, 0.1) is 5.92 Å². The van der Waals surface area contributed by atoms with Gasteiger partial charge in [0.15, 0.2) is 0 Å². The van der Waals surface area contributed by atoms with Gasteiger partial charge in [-0.25, -0.2) is 4.79 Å². The molecule has 0 amide bonds. The summed E-state index contributed by atoms with van der Waals surface area (Å²) in [5.74, 6) is -4.04. The van der Waals surface area contributed by atoms with Crippen molar-refractivity contribution in [3.63, 3.8) is 0 Å². The Hall–Kier alpha value is -2.68. The summed E-state index contributed by atoms with van der Waals surface area (Å²) in [6.07, 6.45) is -3.36. The van der Waals surface area contributed by atoms with Crippen molar-refractivity contribution in [3.05, 3.63) is 46.7 Å². The van der Waals surface area contributed by atoms with Crippen LogP contribution in [0.4, 0.5) is 13.2 Å². The Kier molecular flexibility index (Phi) is 6.83. The predicted octanol–water partition coefficient (Wildman–Crippen LogP) is 4.05. The zero-order chi connectivity index (χ0) is 22.8. The summed E-state index contributed by atoms with van der Waals surface area (Å²) in [5, 5.41) is 0. The molecule has 0 aromatic heterocycles. The van der Waals surface area contributed by atoms with Crippen molar-refractivity contribution >= 4 is 17.7 Å². The van der Waals surface area contributed by atoms with E-state index in [-0.39, 0.29) is 35.3 Å². The van der Waals surface area contributed by atoms with Crippen molar-refractivity contribution < 1.29 is 37.0 Å². The van der Waals surface area contributed by atoms with Gasteiger partial charge in [0.05, 0.1) is 24.4 Å². The van der Waals surface area contributed by atoms with Crippen molar-refractivity contribution in [2.75, 3.05) is 20.3 Å². The number of benzene rings is 1. The molecule has 168 valence electrons. The molecule has 1 unspecified atom stereocenters. The standard InChI is InChI=1S/C22H24F3NO5/c1-12-17(20(27)29-3)19(15-8-4-5-9-16(15)22(23,24)25)18(13(2)26-12)21(28)31-11-14-7-6-10-30-14/h4-5,8-9,14,17,19H,6-7,10-11H2,1-3H3/t14-,17?,19-/m1/s1. The highest BCUT2D eigenvalue weighted by molar-refractivity contribution is 6.07. The molecule has 0 N–H and O–H groups in total. The molecule has 3 atom stereocenters. The van der Waals surface area contributed by atoms with Gasteiger partial charge in [-0.3, -0.25) is 9.79 Å². The molecule has 1 aromatic carbocycles. The van der Waals surface area contributed by atoms with Gasteiger partial charge in [0.25, 0.3) is 0 Å². The number of hydrogen-bond donors (Lipinski definition) is 0. The third kappa shape index (κ3) is 4.81. The molecule has 0 bridgehead atoms. The Labute approximate surface area is 178 Å². The van der Waals surface area contributed by atoms with Gasteiger partial charge in [0.2, 0.25) is 0 Å². The molecular formula is C22H24F3NO5. The zero-order valence-corrected chi connectivity index (χ0v) is 17.5. The van der Waals surface area contributed by atoms with Crippen LogP contribution in [0.2, 0.25) is 0 Å². The predicted molar refractivity (Wildman–Crippen MR) is 105 cm³/mol. The minimum Gasteiger partial charge on any atom is -0.468 e. The van der Waals surface area contributed by atoms with E-state index in [4.69, 9.17) is 14.2 Å². The molecule has 31 heavy (non-hydrogen) atoms. The van der Waals surface area contributed by atoms with Gasteiger partial charge < -0.3 is 14.2 Å². The second kappa shape index (κ2) is 9.21. The summed E-state index contributed by atoms with van der Waals surface area (Å²) in [6.45, 7) is 3.60. The summed E-state index contributed by atoms with van der Waals surface area (Å²) >= 11 is 0. The van der Waals surface area contributed by atoms with Gasteiger partial charge in [-0.15, -0.1) is 0 Å². The SMILES string of the molecule is COC(=O)C1C(C)=NC(C)=C(C(=O)OC[C@H]2CCCO2)[C@@H]1c1ccccc1C(F)(F)F. The minimum atomic E-state index is -4.68. The molecule has 9 heteroatoms. The van der Waals surface area contributed by atoms with E-state index >= 15 is 0 Å². The van der Waals surface area contributed by atoms with E-state index in [1.165, 1.54) is 32.0 Å². The number of carbonyl (C=O) groups excluding carboxylic acids is 2. The molecule has 2 heterocycles. The average Bonchev–Trinajstić information content (AvgIpc) is 3.24. The summed E-state index contributed by atoms with van der Waals surface area (Å²) in [4.78, 5) is 29.9. The number of nitrogens with zero attached hydrogens (tertiary/aromatic N) is 1. The Morgan fingerprint density at radius 3 is 2.55 bits per heavy atom. The lowest BCUT2D eigenvalue weighted by Gasteiger charge is -2.32. The van der Waals surface area contributed by atoms with Crippen molar-refractivity contribution in [2.24, 2.45) is 10.9 Å². The van der Waals surface area contributed by atoms with E-state index in [1.54, 1.807) is 0 Å². The normalized spacial score (nSPS) is 24.1. The largest absolute Gasteiger partial charge is 0.468 e.